The van der Waals surface area contributed by atoms with Gasteiger partial charge in [-0.05, 0) is 35.3 Å². The van der Waals surface area contributed by atoms with Crippen LogP contribution in [-0.2, 0) is 11.8 Å². The Morgan fingerprint density at radius 3 is 1.93 bits per heavy atom. The second kappa shape index (κ2) is 4.83. The van der Waals surface area contributed by atoms with Gasteiger partial charge in [0.15, 0.2) is 0 Å². The molecule has 0 radical (unpaired) electrons. The summed E-state index contributed by atoms with van der Waals surface area (Å²) >= 11 is 0. The molecule has 84 valence electrons. The summed E-state index contributed by atoms with van der Waals surface area (Å²) in [5.41, 5.74) is 3.17. The van der Waals surface area contributed by atoms with Gasteiger partial charge in [-0.2, -0.15) is 0 Å². The number of aryl methyl sites for hydroxylation is 1. The first kappa shape index (κ1) is 12.3. The Hall–Kier alpha value is -0.780. The third-order valence-corrected chi connectivity index (χ3v) is 2.83. The highest BCUT2D eigenvalue weighted by molar-refractivity contribution is 5.27. The average Bonchev–Trinajstić information content (AvgIpc) is 2.14. The number of benzene rings is 1. The first-order valence-electron chi connectivity index (χ1n) is 5.99. The molecule has 0 spiro atoms. The zero-order valence-electron chi connectivity index (χ0n) is 10.8. The van der Waals surface area contributed by atoms with E-state index in [1.54, 1.807) is 0 Å². The third kappa shape index (κ3) is 4.07. The molecule has 0 amide bonds. The van der Waals surface area contributed by atoms with Crippen LogP contribution in [0.5, 0.6) is 0 Å². The van der Waals surface area contributed by atoms with E-state index < -0.39 is 0 Å². The Morgan fingerprint density at radius 2 is 1.53 bits per heavy atom. The average molecular weight is 204 g/mol. The van der Waals surface area contributed by atoms with Gasteiger partial charge < -0.3 is 0 Å². The second-order valence-electron chi connectivity index (χ2n) is 5.88. The largest absolute Gasteiger partial charge is 0.0628 e. The molecular weight excluding hydrogens is 180 g/mol. The number of hydrogen-bond acceptors (Lipinski definition) is 0. The summed E-state index contributed by atoms with van der Waals surface area (Å²) in [6.45, 7) is 11.3. The van der Waals surface area contributed by atoms with E-state index in [0.717, 1.165) is 5.92 Å². The van der Waals surface area contributed by atoms with Gasteiger partial charge in [-0.15, -0.1) is 0 Å². The molecule has 1 aromatic rings. The third-order valence-electron chi connectivity index (χ3n) is 2.83. The zero-order chi connectivity index (χ0) is 11.5. The van der Waals surface area contributed by atoms with Crippen molar-refractivity contribution in [2.45, 2.75) is 52.9 Å². The first-order chi connectivity index (χ1) is 6.89. The first-order valence-corrected chi connectivity index (χ1v) is 5.99. The fourth-order valence-electron chi connectivity index (χ4n) is 1.63. The molecule has 0 aliphatic heterocycles. The van der Waals surface area contributed by atoms with Crippen LogP contribution in [0.25, 0.3) is 0 Å². The van der Waals surface area contributed by atoms with Crippen LogP contribution in [0.2, 0.25) is 0 Å². The van der Waals surface area contributed by atoms with E-state index in [9.17, 15) is 0 Å². The number of hydrogen-bond donors (Lipinski definition) is 0. The summed E-state index contributed by atoms with van der Waals surface area (Å²) < 4.78 is 0. The standard InChI is InChI=1S/C15H24/c1-12(2)6-7-13-8-10-14(11-9-13)15(3,4)5/h8-12H,6-7H2,1-5H3. The van der Waals surface area contributed by atoms with Crippen molar-refractivity contribution in [1.29, 1.82) is 0 Å². The van der Waals surface area contributed by atoms with Crippen LogP contribution in [-0.4, -0.2) is 0 Å². The van der Waals surface area contributed by atoms with Crippen molar-refractivity contribution in [3.05, 3.63) is 35.4 Å². The molecule has 0 aromatic heterocycles. The Labute approximate surface area is 94.7 Å². The smallest absolute Gasteiger partial charge is 0.0132 e. The fourth-order valence-corrected chi connectivity index (χ4v) is 1.63. The molecule has 0 unspecified atom stereocenters. The lowest BCUT2D eigenvalue weighted by Gasteiger charge is -2.19. The van der Waals surface area contributed by atoms with Crippen molar-refractivity contribution in [1.82, 2.24) is 0 Å². The second-order valence-corrected chi connectivity index (χ2v) is 5.88. The van der Waals surface area contributed by atoms with E-state index in [4.69, 9.17) is 0 Å². The molecular formula is C15H24. The summed E-state index contributed by atoms with van der Waals surface area (Å²) in [6, 6.07) is 9.11. The highest BCUT2D eigenvalue weighted by Gasteiger charge is 2.12. The van der Waals surface area contributed by atoms with Gasteiger partial charge in [-0.3, -0.25) is 0 Å². The summed E-state index contributed by atoms with van der Waals surface area (Å²) in [6.07, 6.45) is 2.50. The maximum atomic E-state index is 2.28. The zero-order valence-corrected chi connectivity index (χ0v) is 10.8. The maximum absolute atomic E-state index is 2.28. The highest BCUT2D eigenvalue weighted by atomic mass is 14.2. The Bertz CT molecular complexity index is 285. The van der Waals surface area contributed by atoms with Gasteiger partial charge in [-0.1, -0.05) is 58.9 Å². The lowest BCUT2D eigenvalue weighted by molar-refractivity contribution is 0.581. The molecule has 0 atom stereocenters. The van der Waals surface area contributed by atoms with Crippen LogP contribution in [0.1, 0.15) is 52.2 Å². The Kier molecular flexibility index (Phi) is 3.96. The topological polar surface area (TPSA) is 0 Å². The Morgan fingerprint density at radius 1 is 1.00 bits per heavy atom. The quantitative estimate of drug-likeness (QED) is 0.676. The van der Waals surface area contributed by atoms with E-state index in [0.29, 0.717) is 0 Å². The normalized spacial score (nSPS) is 12.1. The van der Waals surface area contributed by atoms with Gasteiger partial charge in [0.05, 0.1) is 0 Å². The summed E-state index contributed by atoms with van der Waals surface area (Å²) in [5, 5.41) is 0. The Balaban J connectivity index is 2.65. The molecule has 0 bridgehead atoms. The van der Waals surface area contributed by atoms with E-state index in [2.05, 4.69) is 58.9 Å². The molecule has 0 saturated carbocycles. The van der Waals surface area contributed by atoms with Gasteiger partial charge in [0.1, 0.15) is 0 Å². The highest BCUT2D eigenvalue weighted by Crippen LogP contribution is 2.22. The van der Waals surface area contributed by atoms with Crippen LogP contribution >= 0.6 is 0 Å². The lowest BCUT2D eigenvalue weighted by atomic mass is 9.86. The minimum atomic E-state index is 0.274. The molecule has 0 fully saturated rings. The van der Waals surface area contributed by atoms with Crippen molar-refractivity contribution in [3.63, 3.8) is 0 Å². The molecule has 0 heterocycles. The monoisotopic (exact) mass is 204 g/mol. The number of rotatable bonds is 3. The van der Waals surface area contributed by atoms with Gasteiger partial charge in [0.2, 0.25) is 0 Å². The predicted molar refractivity (Wildman–Crippen MR) is 68.3 cm³/mol. The van der Waals surface area contributed by atoms with Gasteiger partial charge in [-0.25, -0.2) is 0 Å². The van der Waals surface area contributed by atoms with Crippen molar-refractivity contribution < 1.29 is 0 Å². The minimum Gasteiger partial charge on any atom is -0.0628 e. The molecule has 0 heteroatoms. The van der Waals surface area contributed by atoms with Crippen molar-refractivity contribution >= 4 is 0 Å². The van der Waals surface area contributed by atoms with Crippen molar-refractivity contribution in [2.24, 2.45) is 5.92 Å². The van der Waals surface area contributed by atoms with E-state index in [-0.39, 0.29) is 5.41 Å². The van der Waals surface area contributed by atoms with E-state index in [1.807, 2.05) is 0 Å². The molecule has 0 N–H and O–H groups in total. The lowest BCUT2D eigenvalue weighted by Crippen LogP contribution is -2.10. The molecule has 0 nitrogen and oxygen atoms in total. The van der Waals surface area contributed by atoms with Crippen LogP contribution in [0.4, 0.5) is 0 Å². The minimum absolute atomic E-state index is 0.274. The molecule has 15 heavy (non-hydrogen) atoms. The van der Waals surface area contributed by atoms with Crippen molar-refractivity contribution in [3.8, 4) is 0 Å². The van der Waals surface area contributed by atoms with Crippen molar-refractivity contribution in [2.75, 3.05) is 0 Å². The van der Waals surface area contributed by atoms with Gasteiger partial charge in [0.25, 0.3) is 0 Å². The summed E-state index contributed by atoms with van der Waals surface area (Å²) in [5.74, 6) is 0.798. The summed E-state index contributed by atoms with van der Waals surface area (Å²) in [7, 11) is 0. The van der Waals surface area contributed by atoms with Gasteiger partial charge in [0, 0.05) is 0 Å². The maximum Gasteiger partial charge on any atom is -0.0132 e. The van der Waals surface area contributed by atoms with Gasteiger partial charge >= 0.3 is 0 Å². The van der Waals surface area contributed by atoms with E-state index in [1.165, 1.54) is 24.0 Å². The predicted octanol–water partition coefficient (Wildman–Crippen LogP) is 4.57. The van der Waals surface area contributed by atoms with Crippen LogP contribution in [0.15, 0.2) is 24.3 Å². The molecule has 1 aromatic carbocycles. The molecule has 1 rings (SSSR count). The van der Waals surface area contributed by atoms with Crippen LogP contribution in [0.3, 0.4) is 0 Å². The van der Waals surface area contributed by atoms with Crippen LogP contribution in [0, 0.1) is 5.92 Å². The molecule has 0 saturated heterocycles. The fraction of sp³-hybridized carbons (Fsp3) is 0.600. The molecule has 0 aliphatic carbocycles. The van der Waals surface area contributed by atoms with Crippen LogP contribution < -0.4 is 0 Å². The molecule has 0 aliphatic rings. The SMILES string of the molecule is CC(C)CCc1ccc(C(C)(C)C)cc1. The summed E-state index contributed by atoms with van der Waals surface area (Å²) in [4.78, 5) is 0. The van der Waals surface area contributed by atoms with E-state index >= 15 is 0 Å².